The first-order valence-electron chi connectivity index (χ1n) is 8.39. The Morgan fingerprint density at radius 2 is 1.75 bits per heavy atom. The van der Waals surface area contributed by atoms with Gasteiger partial charge in [-0.15, -0.1) is 0 Å². The van der Waals surface area contributed by atoms with Crippen molar-refractivity contribution in [2.75, 3.05) is 13.6 Å². The van der Waals surface area contributed by atoms with Crippen molar-refractivity contribution < 1.29 is 13.2 Å². The fourth-order valence-corrected chi connectivity index (χ4v) is 3.99. The van der Waals surface area contributed by atoms with Gasteiger partial charge in [-0.25, -0.2) is 13.8 Å². The van der Waals surface area contributed by atoms with Gasteiger partial charge in [0.25, 0.3) is 5.91 Å². The van der Waals surface area contributed by atoms with Crippen molar-refractivity contribution in [3.63, 3.8) is 0 Å². The summed E-state index contributed by atoms with van der Waals surface area (Å²) in [6.07, 6.45) is 1.49. The molecular weight excluding hydrogens is 442 g/mol. The molecule has 28 heavy (non-hydrogen) atoms. The van der Waals surface area contributed by atoms with Gasteiger partial charge in [-0.3, -0.25) is 4.79 Å². The number of hydrogen-bond acceptors (Lipinski definition) is 4. The van der Waals surface area contributed by atoms with Crippen LogP contribution in [-0.4, -0.2) is 38.4 Å². The van der Waals surface area contributed by atoms with Gasteiger partial charge < -0.3 is 0 Å². The van der Waals surface area contributed by atoms with Crippen LogP contribution in [0.25, 0.3) is 10.8 Å². The highest BCUT2D eigenvalue weighted by molar-refractivity contribution is 9.10. The molecule has 0 aromatic heterocycles. The molecule has 0 radical (unpaired) electrons. The van der Waals surface area contributed by atoms with Crippen molar-refractivity contribution >= 4 is 48.8 Å². The van der Waals surface area contributed by atoms with Crippen molar-refractivity contribution in [3.8, 4) is 0 Å². The zero-order valence-electron chi connectivity index (χ0n) is 15.0. The Hall–Kier alpha value is -2.55. The van der Waals surface area contributed by atoms with Gasteiger partial charge in [-0.1, -0.05) is 58.4 Å². The van der Waals surface area contributed by atoms with E-state index in [1.807, 2.05) is 48.5 Å². The van der Waals surface area contributed by atoms with Crippen LogP contribution in [0.2, 0.25) is 0 Å². The lowest BCUT2D eigenvalue weighted by Crippen LogP contribution is -2.36. The summed E-state index contributed by atoms with van der Waals surface area (Å²) in [6, 6.07) is 19.7. The molecule has 0 spiro atoms. The van der Waals surface area contributed by atoms with Crippen LogP contribution in [0.4, 0.5) is 0 Å². The number of hydrogen-bond donors (Lipinski definition) is 1. The van der Waals surface area contributed by atoms with Gasteiger partial charge in [0.15, 0.2) is 0 Å². The molecule has 0 heterocycles. The molecule has 0 atom stereocenters. The maximum Gasteiger partial charge on any atom is 0.255 e. The van der Waals surface area contributed by atoms with Crippen molar-refractivity contribution in [3.05, 3.63) is 76.8 Å². The maximum absolute atomic E-state index is 12.7. The molecule has 0 aliphatic heterocycles. The van der Waals surface area contributed by atoms with Crippen LogP contribution in [0, 0.1) is 0 Å². The van der Waals surface area contributed by atoms with Gasteiger partial charge in [-0.05, 0) is 40.6 Å². The summed E-state index contributed by atoms with van der Waals surface area (Å²) in [5, 5.41) is 5.63. The van der Waals surface area contributed by atoms with E-state index in [2.05, 4.69) is 26.5 Å². The van der Waals surface area contributed by atoms with Crippen molar-refractivity contribution in [1.82, 2.24) is 9.73 Å². The molecule has 0 unspecified atom stereocenters. The fourth-order valence-electron chi connectivity index (χ4n) is 2.56. The first kappa shape index (κ1) is 20.2. The van der Waals surface area contributed by atoms with Crippen LogP contribution in [0.3, 0.4) is 0 Å². The molecule has 3 aromatic rings. The van der Waals surface area contributed by atoms with E-state index in [1.165, 1.54) is 19.3 Å². The highest BCUT2D eigenvalue weighted by Crippen LogP contribution is 2.21. The number of amides is 1. The van der Waals surface area contributed by atoms with Crippen LogP contribution < -0.4 is 5.43 Å². The largest absolute Gasteiger partial charge is 0.272 e. The fraction of sp³-hybridized carbons (Fsp3) is 0.100. The highest BCUT2D eigenvalue weighted by Gasteiger charge is 2.23. The zero-order chi connectivity index (χ0) is 20.1. The Labute approximate surface area is 172 Å². The number of carbonyl (C=O) groups excluding carboxylic acids is 1. The number of nitrogens with one attached hydrogen (secondary N) is 1. The van der Waals surface area contributed by atoms with E-state index in [9.17, 15) is 13.2 Å². The summed E-state index contributed by atoms with van der Waals surface area (Å²) < 4.78 is 27.4. The summed E-state index contributed by atoms with van der Waals surface area (Å²) in [5.74, 6) is -0.528. The molecule has 0 bridgehead atoms. The Balaban J connectivity index is 1.65. The number of likely N-dealkylation sites (N-methyl/N-ethyl adjacent to an activating group) is 1. The molecule has 8 heteroatoms. The molecule has 1 N–H and O–H groups in total. The molecule has 0 fully saturated rings. The number of rotatable bonds is 6. The maximum atomic E-state index is 12.7. The molecule has 6 nitrogen and oxygen atoms in total. The van der Waals surface area contributed by atoms with Gasteiger partial charge >= 0.3 is 0 Å². The Bertz CT molecular complexity index is 1130. The first-order chi connectivity index (χ1) is 13.4. The van der Waals surface area contributed by atoms with E-state index >= 15 is 0 Å². The van der Waals surface area contributed by atoms with E-state index in [1.54, 1.807) is 12.1 Å². The molecule has 0 aliphatic rings. The minimum absolute atomic E-state index is 0.139. The van der Waals surface area contributed by atoms with Gasteiger partial charge in [0, 0.05) is 11.5 Å². The molecule has 3 rings (SSSR count). The molecule has 0 saturated carbocycles. The van der Waals surface area contributed by atoms with Crippen LogP contribution in [-0.2, 0) is 14.8 Å². The summed E-state index contributed by atoms with van der Waals surface area (Å²) in [5.41, 5.74) is 3.15. The third-order valence-electron chi connectivity index (χ3n) is 4.07. The van der Waals surface area contributed by atoms with E-state index in [4.69, 9.17) is 0 Å². The number of halogens is 1. The second kappa shape index (κ2) is 8.64. The lowest BCUT2D eigenvalue weighted by Gasteiger charge is -2.16. The van der Waals surface area contributed by atoms with Crippen LogP contribution in [0.1, 0.15) is 5.56 Å². The summed E-state index contributed by atoms with van der Waals surface area (Å²) in [4.78, 5) is 12.2. The average molecular weight is 460 g/mol. The number of carbonyl (C=O) groups is 1. The van der Waals surface area contributed by atoms with Crippen LogP contribution in [0.15, 0.2) is 81.2 Å². The molecular formula is C20H18BrN3O3S. The minimum atomic E-state index is -3.79. The van der Waals surface area contributed by atoms with Gasteiger partial charge in [0.2, 0.25) is 10.0 Å². The van der Waals surface area contributed by atoms with Gasteiger partial charge in [0.05, 0.1) is 17.7 Å². The number of benzene rings is 3. The summed E-state index contributed by atoms with van der Waals surface area (Å²) in [7, 11) is -2.43. The third kappa shape index (κ3) is 4.83. The molecule has 3 aromatic carbocycles. The number of fused-ring (bicyclic) bond motifs is 1. The van der Waals surface area contributed by atoms with Crippen LogP contribution in [0.5, 0.6) is 0 Å². The SMILES string of the molecule is CN(CC(=O)N/N=C/c1ccc(Br)cc1)S(=O)(=O)c1ccc2ccccc2c1. The predicted molar refractivity (Wildman–Crippen MR) is 114 cm³/mol. The van der Waals surface area contributed by atoms with Crippen molar-refractivity contribution in [2.45, 2.75) is 4.90 Å². The minimum Gasteiger partial charge on any atom is -0.272 e. The average Bonchev–Trinajstić information content (AvgIpc) is 2.69. The smallest absolute Gasteiger partial charge is 0.255 e. The van der Waals surface area contributed by atoms with Crippen LogP contribution >= 0.6 is 15.9 Å². The monoisotopic (exact) mass is 459 g/mol. The number of sulfonamides is 1. The predicted octanol–water partition coefficient (Wildman–Crippen LogP) is 3.37. The van der Waals surface area contributed by atoms with E-state index in [0.717, 1.165) is 25.1 Å². The van der Waals surface area contributed by atoms with E-state index in [-0.39, 0.29) is 11.4 Å². The normalized spacial score (nSPS) is 12.0. The molecule has 1 amide bonds. The van der Waals surface area contributed by atoms with Crippen molar-refractivity contribution in [1.29, 1.82) is 0 Å². The molecule has 144 valence electrons. The summed E-state index contributed by atoms with van der Waals surface area (Å²) >= 11 is 3.34. The van der Waals surface area contributed by atoms with Gasteiger partial charge in [-0.2, -0.15) is 9.41 Å². The summed E-state index contributed by atoms with van der Waals surface area (Å²) in [6.45, 7) is -0.340. The highest BCUT2D eigenvalue weighted by atomic mass is 79.9. The van der Waals surface area contributed by atoms with E-state index in [0.29, 0.717) is 0 Å². The number of nitrogens with zero attached hydrogens (tertiary/aromatic N) is 2. The number of hydrazone groups is 1. The lowest BCUT2D eigenvalue weighted by molar-refractivity contribution is -0.121. The standard InChI is InChI=1S/C20H18BrN3O3S/c1-24(14-20(25)23-22-13-15-6-9-18(21)10-7-15)28(26,27)19-11-8-16-4-2-3-5-17(16)12-19/h2-13H,14H2,1H3,(H,23,25)/b22-13+. The zero-order valence-corrected chi connectivity index (χ0v) is 17.4. The van der Waals surface area contributed by atoms with E-state index < -0.39 is 15.9 Å². The Morgan fingerprint density at radius 3 is 2.46 bits per heavy atom. The Morgan fingerprint density at radius 1 is 1.07 bits per heavy atom. The third-order valence-corrected chi connectivity index (χ3v) is 6.40. The quantitative estimate of drug-likeness (QED) is 0.453. The second-order valence-electron chi connectivity index (χ2n) is 6.11. The van der Waals surface area contributed by atoms with Gasteiger partial charge in [0.1, 0.15) is 0 Å². The Kier molecular flexibility index (Phi) is 6.23. The molecule has 0 aliphatic carbocycles. The molecule has 0 saturated heterocycles. The lowest BCUT2D eigenvalue weighted by atomic mass is 10.1. The second-order valence-corrected chi connectivity index (χ2v) is 9.08. The topological polar surface area (TPSA) is 78.8 Å². The first-order valence-corrected chi connectivity index (χ1v) is 10.6. The van der Waals surface area contributed by atoms with Crippen molar-refractivity contribution in [2.24, 2.45) is 5.10 Å².